The molecule has 2 atom stereocenters. The molecule has 0 aliphatic carbocycles. The Morgan fingerprint density at radius 1 is 1.02 bits per heavy atom. The van der Waals surface area contributed by atoms with Crippen molar-refractivity contribution in [1.29, 1.82) is 0 Å². The smallest absolute Gasteiger partial charge is 0.410 e. The molecule has 2 amide bonds. The number of aromatic nitrogens is 1. The molecule has 0 saturated carbocycles. The van der Waals surface area contributed by atoms with Gasteiger partial charge in [0, 0.05) is 55.7 Å². The lowest BCUT2D eigenvalue weighted by Crippen LogP contribution is -2.47. The van der Waals surface area contributed by atoms with Gasteiger partial charge in [0.05, 0.1) is 6.61 Å². The zero-order valence-electron chi connectivity index (χ0n) is 23.9. The number of hydrogen-bond donors (Lipinski definition) is 1. The zero-order chi connectivity index (χ0) is 28.9. The molecular weight excluding hydrogens is 510 g/mol. The summed E-state index contributed by atoms with van der Waals surface area (Å²) in [6, 6.07) is 16.3. The molecule has 1 N–H and O–H groups in total. The molecule has 0 radical (unpaired) electrons. The fourth-order valence-corrected chi connectivity index (χ4v) is 5.07. The number of carbonyl (C=O) groups excluding carboxylic acids is 3. The lowest BCUT2D eigenvalue weighted by atomic mass is 9.91. The highest BCUT2D eigenvalue weighted by Gasteiger charge is 2.44. The third-order valence-corrected chi connectivity index (χ3v) is 6.91. The van der Waals surface area contributed by atoms with Gasteiger partial charge in [-0.15, -0.1) is 0 Å². The second-order valence-electron chi connectivity index (χ2n) is 11.0. The van der Waals surface area contributed by atoms with Crippen molar-refractivity contribution < 1.29 is 28.6 Å². The molecule has 1 fully saturated rings. The van der Waals surface area contributed by atoms with Gasteiger partial charge in [-0.25, -0.2) is 9.59 Å². The lowest BCUT2D eigenvalue weighted by molar-refractivity contribution is -0.120. The molecule has 2 heterocycles. The number of likely N-dealkylation sites (tertiary alicyclic amines) is 1. The molecule has 1 aromatic heterocycles. The summed E-state index contributed by atoms with van der Waals surface area (Å²) in [5.41, 5.74) is 2.14. The molecule has 4 rings (SSSR count). The first-order chi connectivity index (χ1) is 19.1. The van der Waals surface area contributed by atoms with E-state index in [4.69, 9.17) is 14.2 Å². The van der Waals surface area contributed by atoms with Crippen LogP contribution in [-0.2, 0) is 26.1 Å². The predicted octanol–water partition coefficient (Wildman–Crippen LogP) is 5.49. The normalized spacial score (nSPS) is 17.2. The molecule has 0 bridgehead atoms. The highest BCUT2D eigenvalue weighted by Crippen LogP contribution is 2.35. The van der Waals surface area contributed by atoms with Crippen molar-refractivity contribution in [3.63, 3.8) is 0 Å². The molecule has 214 valence electrons. The summed E-state index contributed by atoms with van der Waals surface area (Å²) in [4.78, 5) is 41.0. The maximum atomic E-state index is 13.7. The van der Waals surface area contributed by atoms with Gasteiger partial charge in [-0.2, -0.15) is 0 Å². The van der Waals surface area contributed by atoms with E-state index in [1.165, 1.54) is 4.90 Å². The molecule has 9 nitrogen and oxygen atoms in total. The van der Waals surface area contributed by atoms with Crippen LogP contribution in [-0.4, -0.2) is 65.4 Å². The van der Waals surface area contributed by atoms with Crippen LogP contribution in [0.1, 0.15) is 62.5 Å². The minimum absolute atomic E-state index is 0.168. The average molecular weight is 550 g/mol. The molecule has 2 aromatic carbocycles. The number of rotatable bonds is 9. The Hall–Kier alpha value is -3.85. The monoisotopic (exact) mass is 549 g/mol. The van der Waals surface area contributed by atoms with Crippen LogP contribution in [0.5, 0.6) is 0 Å². The van der Waals surface area contributed by atoms with Crippen molar-refractivity contribution in [2.24, 2.45) is 7.05 Å². The molecule has 1 aliphatic rings. The van der Waals surface area contributed by atoms with Crippen LogP contribution in [0, 0.1) is 0 Å². The van der Waals surface area contributed by atoms with E-state index >= 15 is 0 Å². The number of fused-ring (bicyclic) bond motifs is 1. The zero-order valence-corrected chi connectivity index (χ0v) is 23.9. The van der Waals surface area contributed by atoms with Gasteiger partial charge in [0.25, 0.3) is 0 Å². The van der Waals surface area contributed by atoms with Gasteiger partial charge in [0.15, 0.2) is 0 Å². The third-order valence-electron chi connectivity index (χ3n) is 6.91. The van der Waals surface area contributed by atoms with Crippen molar-refractivity contribution in [3.05, 3.63) is 65.9 Å². The minimum Gasteiger partial charge on any atom is -0.461 e. The number of nitrogens with zero attached hydrogens (tertiary/aromatic N) is 2. The molecule has 1 saturated heterocycles. The van der Waals surface area contributed by atoms with Gasteiger partial charge < -0.3 is 24.1 Å². The second kappa shape index (κ2) is 12.6. The Kier molecular flexibility index (Phi) is 9.14. The van der Waals surface area contributed by atoms with Crippen molar-refractivity contribution in [1.82, 2.24) is 9.47 Å². The number of ether oxygens (including phenoxy) is 3. The summed E-state index contributed by atoms with van der Waals surface area (Å²) in [5.74, 6) is -0.870. The van der Waals surface area contributed by atoms with Gasteiger partial charge in [-0.3, -0.25) is 9.69 Å². The first-order valence-electron chi connectivity index (χ1n) is 13.8. The van der Waals surface area contributed by atoms with Gasteiger partial charge in [0.1, 0.15) is 17.3 Å². The fourth-order valence-electron chi connectivity index (χ4n) is 5.07. The van der Waals surface area contributed by atoms with Crippen LogP contribution in [0.15, 0.2) is 54.6 Å². The number of amides is 2. The minimum atomic E-state index is -0.731. The van der Waals surface area contributed by atoms with Crippen LogP contribution in [0.4, 0.5) is 10.5 Å². The van der Waals surface area contributed by atoms with Gasteiger partial charge in [-0.05, 0) is 63.9 Å². The molecule has 3 aromatic rings. The Morgan fingerprint density at radius 3 is 2.48 bits per heavy atom. The number of esters is 1. The lowest BCUT2D eigenvalue weighted by Gasteiger charge is -2.30. The quantitative estimate of drug-likeness (QED) is 0.280. The summed E-state index contributed by atoms with van der Waals surface area (Å²) in [5, 5.41) is 3.80. The Labute approximate surface area is 235 Å². The number of aryl methyl sites for hydroxylation is 1. The van der Waals surface area contributed by atoms with Crippen LogP contribution in [0.25, 0.3) is 10.9 Å². The highest BCUT2D eigenvalue weighted by atomic mass is 16.6. The maximum Gasteiger partial charge on any atom is 0.410 e. The summed E-state index contributed by atoms with van der Waals surface area (Å²) in [6.45, 7) is 9.22. The van der Waals surface area contributed by atoms with Crippen LogP contribution < -0.4 is 5.32 Å². The summed E-state index contributed by atoms with van der Waals surface area (Å²) in [7, 11) is 1.80. The van der Waals surface area contributed by atoms with E-state index in [2.05, 4.69) is 5.32 Å². The van der Waals surface area contributed by atoms with E-state index < -0.39 is 23.7 Å². The van der Waals surface area contributed by atoms with Gasteiger partial charge in [0.2, 0.25) is 5.91 Å². The number of nitrogens with one attached hydrogen (secondary N) is 1. The van der Waals surface area contributed by atoms with E-state index in [9.17, 15) is 14.4 Å². The summed E-state index contributed by atoms with van der Waals surface area (Å²) < 4.78 is 18.1. The van der Waals surface area contributed by atoms with Crippen LogP contribution in [0.2, 0.25) is 0 Å². The summed E-state index contributed by atoms with van der Waals surface area (Å²) in [6.07, 6.45) is 0.772. The fraction of sp³-hybridized carbons (Fsp3) is 0.452. The first-order valence-corrected chi connectivity index (χ1v) is 13.8. The second-order valence-corrected chi connectivity index (χ2v) is 11.0. The number of benzene rings is 2. The Morgan fingerprint density at radius 2 is 1.77 bits per heavy atom. The van der Waals surface area contributed by atoms with Crippen molar-refractivity contribution in [3.8, 4) is 0 Å². The van der Waals surface area contributed by atoms with E-state index in [0.29, 0.717) is 44.0 Å². The number of hydrogen-bond acceptors (Lipinski definition) is 6. The van der Waals surface area contributed by atoms with Crippen LogP contribution >= 0.6 is 0 Å². The highest BCUT2D eigenvalue weighted by molar-refractivity contribution is 6.01. The van der Waals surface area contributed by atoms with E-state index in [1.807, 2.05) is 70.2 Å². The van der Waals surface area contributed by atoms with Gasteiger partial charge >= 0.3 is 12.1 Å². The predicted molar refractivity (Wildman–Crippen MR) is 153 cm³/mol. The molecule has 40 heavy (non-hydrogen) atoms. The molecule has 0 spiro atoms. The number of anilines is 1. The number of carbonyl (C=O) groups is 3. The van der Waals surface area contributed by atoms with E-state index in [1.54, 1.807) is 23.7 Å². The maximum absolute atomic E-state index is 13.7. The van der Waals surface area contributed by atoms with Crippen molar-refractivity contribution >= 4 is 34.6 Å². The first kappa shape index (κ1) is 29.1. The topological polar surface area (TPSA) is 99.1 Å². The van der Waals surface area contributed by atoms with Crippen LogP contribution in [0.3, 0.4) is 0 Å². The molecular formula is C31H39N3O6. The van der Waals surface area contributed by atoms with Gasteiger partial charge in [-0.1, -0.05) is 30.3 Å². The Balaban J connectivity index is 1.53. The standard InChI is InChI=1S/C31H39N3O6/c1-6-38-17-10-18-39-29(36)26-20-22-19-23(13-14-25(22)33(26)5)32-28(35)27-24(21-11-8-7-9-12-21)15-16-34(27)30(37)40-31(2,3)4/h7-9,11-14,19-20,24,27H,6,10,15-18H2,1-5H3,(H,32,35)/t24-,27+/m0/s1. The SMILES string of the molecule is CCOCCCOC(=O)c1cc2cc(NC(=O)[C@H]3[C@H](c4ccccc4)CCN3C(=O)OC(C)(C)C)ccc2n1C. The largest absolute Gasteiger partial charge is 0.461 e. The summed E-state index contributed by atoms with van der Waals surface area (Å²) >= 11 is 0. The van der Waals surface area contributed by atoms with E-state index in [-0.39, 0.29) is 18.4 Å². The molecule has 0 unspecified atom stereocenters. The Bertz CT molecular complexity index is 1340. The van der Waals surface area contributed by atoms with Crippen molar-refractivity contribution in [2.75, 3.05) is 31.7 Å². The molecule has 1 aliphatic heterocycles. The molecule has 9 heteroatoms. The third kappa shape index (κ3) is 6.83. The average Bonchev–Trinajstić information content (AvgIpc) is 3.50. The van der Waals surface area contributed by atoms with E-state index in [0.717, 1.165) is 16.5 Å². The van der Waals surface area contributed by atoms with Crippen molar-refractivity contribution in [2.45, 2.75) is 58.1 Å².